The van der Waals surface area contributed by atoms with Crippen LogP contribution in [0.5, 0.6) is 0 Å². The van der Waals surface area contributed by atoms with Gasteiger partial charge in [0.25, 0.3) is 31.4 Å². The molecule has 0 spiro atoms. The van der Waals surface area contributed by atoms with Crippen LogP contribution in [0.25, 0.3) is 0 Å². The Hall–Kier alpha value is -5.18. The molecule has 2 atom stereocenters. The van der Waals surface area contributed by atoms with Crippen LogP contribution < -0.4 is 0 Å². The van der Waals surface area contributed by atoms with Gasteiger partial charge in [0.05, 0.1) is 62.3 Å². The van der Waals surface area contributed by atoms with E-state index in [0.717, 1.165) is 24.3 Å². The molecule has 0 bridgehead atoms. The molecule has 0 heterocycles. The van der Waals surface area contributed by atoms with Crippen molar-refractivity contribution in [2.75, 3.05) is 52.7 Å². The van der Waals surface area contributed by atoms with Gasteiger partial charge in [-0.05, 0) is 95.2 Å². The predicted octanol–water partition coefficient (Wildman–Crippen LogP) is 5.12. The molecule has 2 rings (SSSR count). The van der Waals surface area contributed by atoms with Crippen molar-refractivity contribution in [2.24, 2.45) is 0 Å². The number of ether oxygens (including phenoxy) is 7. The van der Waals surface area contributed by atoms with Crippen molar-refractivity contribution in [3.8, 4) is 0 Å². The molecule has 69 heavy (non-hydrogen) atoms. The monoisotopic (exact) mass is 1020 g/mol. The van der Waals surface area contributed by atoms with E-state index in [1.165, 1.54) is 65.8 Å². The Morgan fingerprint density at radius 2 is 0.768 bits per heavy atom. The smallest absolute Gasteiger partial charge is 0.325 e. The summed E-state index contributed by atoms with van der Waals surface area (Å²) in [5.41, 5.74) is -5.87. The summed E-state index contributed by atoms with van der Waals surface area (Å²) in [5.74, 6) is -4.14. The third-order valence-electron chi connectivity index (χ3n) is 8.57. The Morgan fingerprint density at radius 1 is 0.493 bits per heavy atom. The number of para-hydroxylation sites is 2. The first kappa shape index (κ1) is 59.9. The topological polar surface area (TPSA) is 294 Å². The summed E-state index contributed by atoms with van der Waals surface area (Å²) in [4.78, 5) is 73.9. The zero-order chi connectivity index (χ0) is 52.8. The van der Waals surface area contributed by atoms with Crippen LogP contribution in [0.2, 0.25) is 0 Å². The van der Waals surface area contributed by atoms with E-state index in [1.807, 2.05) is 0 Å². The third kappa shape index (κ3) is 20.4. The number of rotatable bonds is 26. The second kappa shape index (κ2) is 25.1. The van der Waals surface area contributed by atoms with Crippen molar-refractivity contribution in [2.45, 2.75) is 140 Å². The molecule has 0 radical (unpaired) electrons. The van der Waals surface area contributed by atoms with Gasteiger partial charge in [-0.25, -0.2) is 16.8 Å². The summed E-state index contributed by atoms with van der Waals surface area (Å²) in [7, 11) is -9.82. The van der Waals surface area contributed by atoms with Gasteiger partial charge in [-0.2, -0.15) is 8.61 Å². The van der Waals surface area contributed by atoms with Gasteiger partial charge in [-0.3, -0.25) is 39.4 Å². The van der Waals surface area contributed by atoms with Gasteiger partial charge in [0.15, 0.2) is 9.79 Å². The highest BCUT2D eigenvalue weighted by molar-refractivity contribution is 7.89. The van der Waals surface area contributed by atoms with Crippen LogP contribution in [0, 0.1) is 20.2 Å². The molecule has 388 valence electrons. The van der Waals surface area contributed by atoms with Crippen LogP contribution in [0.4, 0.5) is 11.4 Å². The number of nitro groups is 2. The van der Waals surface area contributed by atoms with Crippen LogP contribution in [0.3, 0.4) is 0 Å². The Morgan fingerprint density at radius 3 is 1.04 bits per heavy atom. The van der Waals surface area contributed by atoms with Gasteiger partial charge in [0.2, 0.25) is 0 Å². The summed E-state index contributed by atoms with van der Waals surface area (Å²) < 4.78 is 96.6. The van der Waals surface area contributed by atoms with Gasteiger partial charge >= 0.3 is 23.9 Å². The summed E-state index contributed by atoms with van der Waals surface area (Å²) in [5, 5.41) is 23.8. The molecule has 0 saturated carbocycles. The van der Waals surface area contributed by atoms with Gasteiger partial charge in [0.1, 0.15) is 34.5 Å². The summed E-state index contributed by atoms with van der Waals surface area (Å²) >= 11 is 0. The van der Waals surface area contributed by atoms with Gasteiger partial charge < -0.3 is 33.2 Å². The molecule has 2 aromatic rings. The Balaban J connectivity index is 2.26. The summed E-state index contributed by atoms with van der Waals surface area (Å²) in [6.45, 7) is 16.1. The minimum absolute atomic E-state index is 0.109. The molecular formula is C44H66N4O19S2. The number of sulfonamides is 2. The van der Waals surface area contributed by atoms with Crippen LogP contribution in [-0.4, -0.2) is 146 Å². The van der Waals surface area contributed by atoms with E-state index in [4.69, 9.17) is 33.2 Å². The Bertz CT molecular complexity index is 2170. The third-order valence-corrected chi connectivity index (χ3v) is 12.5. The normalized spacial score (nSPS) is 13.7. The Labute approximate surface area is 403 Å². The van der Waals surface area contributed by atoms with Gasteiger partial charge in [-0.15, -0.1) is 0 Å². The zero-order valence-corrected chi connectivity index (χ0v) is 42.8. The van der Waals surface area contributed by atoms with Crippen molar-refractivity contribution in [1.29, 1.82) is 0 Å². The molecule has 2 unspecified atom stereocenters. The fourth-order valence-electron chi connectivity index (χ4n) is 6.07. The fraction of sp³-hybridized carbons (Fsp3) is 0.636. The second-order valence-corrected chi connectivity index (χ2v) is 22.9. The highest BCUT2D eigenvalue weighted by Gasteiger charge is 2.44. The number of esters is 4. The lowest BCUT2D eigenvalue weighted by molar-refractivity contribution is -0.388. The number of nitro benzene ring substituents is 2. The van der Waals surface area contributed by atoms with Gasteiger partial charge in [-0.1, -0.05) is 24.3 Å². The summed E-state index contributed by atoms with van der Waals surface area (Å²) in [6.07, 6.45) is -1.62. The number of carbonyl (C=O) groups is 4. The molecule has 0 amide bonds. The van der Waals surface area contributed by atoms with Crippen LogP contribution in [-0.2, 0) is 72.4 Å². The van der Waals surface area contributed by atoms with Gasteiger partial charge in [0, 0.05) is 25.2 Å². The molecule has 0 aliphatic heterocycles. The van der Waals surface area contributed by atoms with E-state index < -0.39 is 149 Å². The Kier molecular flexibility index (Phi) is 21.8. The SMILES string of the molecule is CC(C)(C)OC(=O)CC(C(=O)OC(C)(C)C)N(CCOCCOCCOCCN(C(CC(=O)OC(C)(C)C)C(=O)OC(C)(C)C)S(=O)(=O)c1ccccc1[N+](=O)[O-])S(=O)(=O)c1ccccc1[N+](=O)[O-]. The lowest BCUT2D eigenvalue weighted by Crippen LogP contribution is -2.50. The maximum atomic E-state index is 14.2. The molecule has 0 N–H and O–H groups in total. The fourth-order valence-corrected chi connectivity index (χ4v) is 9.51. The molecule has 0 aromatic heterocycles. The lowest BCUT2D eigenvalue weighted by Gasteiger charge is -2.32. The van der Waals surface area contributed by atoms with Crippen molar-refractivity contribution >= 4 is 55.3 Å². The second-order valence-electron chi connectivity index (χ2n) is 19.2. The van der Waals surface area contributed by atoms with Crippen molar-refractivity contribution in [3.63, 3.8) is 0 Å². The minimum atomic E-state index is -4.91. The zero-order valence-electron chi connectivity index (χ0n) is 41.2. The molecule has 0 aliphatic rings. The molecule has 0 saturated heterocycles. The first-order chi connectivity index (χ1) is 31.6. The van der Waals surface area contributed by atoms with Crippen LogP contribution in [0.15, 0.2) is 58.3 Å². The average molecular weight is 1020 g/mol. The molecular weight excluding hydrogens is 953 g/mol. The lowest BCUT2D eigenvalue weighted by atomic mass is 10.1. The quantitative estimate of drug-likeness (QED) is 0.0388. The average Bonchev–Trinajstić information content (AvgIpc) is 3.18. The molecule has 23 nitrogen and oxygen atoms in total. The van der Waals surface area contributed by atoms with E-state index in [2.05, 4.69) is 0 Å². The maximum absolute atomic E-state index is 14.2. The molecule has 0 fully saturated rings. The van der Waals surface area contributed by atoms with E-state index >= 15 is 0 Å². The van der Waals surface area contributed by atoms with E-state index in [0.29, 0.717) is 8.61 Å². The van der Waals surface area contributed by atoms with Crippen LogP contribution in [0.1, 0.15) is 95.9 Å². The minimum Gasteiger partial charge on any atom is -0.460 e. The maximum Gasteiger partial charge on any atom is 0.325 e. The highest BCUT2D eigenvalue weighted by atomic mass is 32.2. The molecule has 0 aliphatic carbocycles. The van der Waals surface area contributed by atoms with Crippen molar-refractivity contribution < 1.29 is 79.0 Å². The molecule has 2 aromatic carbocycles. The number of hydrogen-bond acceptors (Lipinski definition) is 19. The molecule has 25 heteroatoms. The van der Waals surface area contributed by atoms with E-state index in [9.17, 15) is 56.2 Å². The highest BCUT2D eigenvalue weighted by Crippen LogP contribution is 2.31. The van der Waals surface area contributed by atoms with E-state index in [-0.39, 0.29) is 26.4 Å². The largest absolute Gasteiger partial charge is 0.460 e. The summed E-state index contributed by atoms with van der Waals surface area (Å²) in [6, 6.07) is 5.30. The number of carbonyl (C=O) groups excluding carboxylic acids is 4. The first-order valence-corrected chi connectivity index (χ1v) is 24.6. The van der Waals surface area contributed by atoms with Crippen molar-refractivity contribution in [3.05, 3.63) is 68.8 Å². The number of hydrogen-bond donors (Lipinski definition) is 0. The standard InChI is InChI=1S/C44H66N4O19S2/c1-41(2,3)64-37(49)29-33(39(51)66-43(7,8)9)45(68(57,58)35-19-15-13-17-31(35)47(53)54)21-23-61-25-27-63-28-26-62-24-22-46(69(59,60)36-20-16-14-18-32(36)48(55)56)34(40(52)67-44(10,11)12)30-38(50)65-42(4,5)6/h13-20,33-34H,21-30H2,1-12H3. The van der Waals surface area contributed by atoms with Crippen LogP contribution >= 0.6 is 0 Å². The number of benzene rings is 2. The predicted molar refractivity (Wildman–Crippen MR) is 247 cm³/mol. The van der Waals surface area contributed by atoms with E-state index in [1.54, 1.807) is 41.5 Å². The van der Waals surface area contributed by atoms with Crippen molar-refractivity contribution in [1.82, 2.24) is 8.61 Å². The number of nitrogens with zero attached hydrogens (tertiary/aromatic N) is 4. The first-order valence-electron chi connectivity index (χ1n) is 21.7.